The van der Waals surface area contributed by atoms with Crippen molar-refractivity contribution in [2.24, 2.45) is 12.8 Å². The lowest BCUT2D eigenvalue weighted by atomic mass is 10.0. The molecule has 0 bridgehead atoms. The Morgan fingerprint density at radius 2 is 2.00 bits per heavy atom. The number of hydrogen-bond donors (Lipinski definition) is 1. The van der Waals surface area contributed by atoms with Crippen molar-refractivity contribution in [2.45, 2.75) is 25.8 Å². The number of nitrogens with zero attached hydrogens (tertiary/aromatic N) is 2. The number of hydrogen-bond acceptors (Lipinski definition) is 2. The number of imidazole rings is 1. The minimum Gasteiger partial charge on any atom is -0.336 e. The van der Waals surface area contributed by atoms with Crippen LogP contribution in [-0.4, -0.2) is 9.55 Å². The maximum absolute atomic E-state index is 6.22. The van der Waals surface area contributed by atoms with Crippen molar-refractivity contribution in [3.05, 3.63) is 53.6 Å². The minimum absolute atomic E-state index is 0.0989. The zero-order chi connectivity index (χ0) is 12.3. The van der Waals surface area contributed by atoms with Crippen molar-refractivity contribution in [1.82, 2.24) is 9.55 Å². The Labute approximate surface area is 102 Å². The molecule has 1 heterocycles. The van der Waals surface area contributed by atoms with Gasteiger partial charge in [0.1, 0.15) is 0 Å². The highest BCUT2D eigenvalue weighted by molar-refractivity contribution is 5.29. The second-order valence-electron chi connectivity index (χ2n) is 4.40. The van der Waals surface area contributed by atoms with E-state index in [0.29, 0.717) is 0 Å². The highest BCUT2D eigenvalue weighted by atomic mass is 15.0. The molecule has 1 atom stereocenters. The van der Waals surface area contributed by atoms with Crippen LogP contribution in [0.3, 0.4) is 0 Å². The summed E-state index contributed by atoms with van der Waals surface area (Å²) in [6.07, 6.45) is 5.90. The summed E-state index contributed by atoms with van der Waals surface area (Å²) in [7, 11) is 1.97. The first-order chi connectivity index (χ1) is 8.22. The van der Waals surface area contributed by atoms with Gasteiger partial charge in [-0.25, -0.2) is 4.98 Å². The van der Waals surface area contributed by atoms with Crippen LogP contribution in [0.1, 0.15) is 36.2 Å². The Morgan fingerprint density at radius 3 is 2.53 bits per heavy atom. The van der Waals surface area contributed by atoms with Gasteiger partial charge in [-0.2, -0.15) is 0 Å². The van der Waals surface area contributed by atoms with E-state index in [4.69, 9.17) is 5.73 Å². The molecular weight excluding hydrogens is 210 g/mol. The third kappa shape index (κ3) is 2.56. The highest BCUT2D eigenvalue weighted by Gasteiger charge is 2.11. The van der Waals surface area contributed by atoms with Gasteiger partial charge < -0.3 is 10.3 Å². The van der Waals surface area contributed by atoms with E-state index in [1.165, 1.54) is 12.0 Å². The molecule has 3 heteroatoms. The average molecular weight is 229 g/mol. The van der Waals surface area contributed by atoms with Gasteiger partial charge in [0, 0.05) is 7.05 Å². The summed E-state index contributed by atoms with van der Waals surface area (Å²) >= 11 is 0. The van der Waals surface area contributed by atoms with E-state index in [1.807, 2.05) is 17.8 Å². The summed E-state index contributed by atoms with van der Waals surface area (Å²) in [6, 6.07) is 8.45. The minimum atomic E-state index is -0.0989. The number of aromatic nitrogens is 2. The lowest BCUT2D eigenvalue weighted by molar-refractivity contribution is 0.745. The standard InChI is InChI=1S/C14H19N3/c1-3-4-11-5-7-12(8-6-11)14(15)13-9-16-10-17(13)2/h5-10,14H,3-4,15H2,1-2H3. The van der Waals surface area contributed by atoms with Gasteiger partial charge in [-0.3, -0.25) is 0 Å². The van der Waals surface area contributed by atoms with Gasteiger partial charge in [0.15, 0.2) is 0 Å². The smallest absolute Gasteiger partial charge is 0.0946 e. The molecule has 2 rings (SSSR count). The van der Waals surface area contributed by atoms with E-state index in [9.17, 15) is 0 Å². The Bertz CT molecular complexity index is 470. The Kier molecular flexibility index (Phi) is 3.59. The van der Waals surface area contributed by atoms with Crippen LogP contribution in [0.25, 0.3) is 0 Å². The van der Waals surface area contributed by atoms with Crippen LogP contribution in [0.5, 0.6) is 0 Å². The van der Waals surface area contributed by atoms with E-state index in [-0.39, 0.29) is 6.04 Å². The maximum atomic E-state index is 6.22. The highest BCUT2D eigenvalue weighted by Crippen LogP contribution is 2.19. The molecule has 0 saturated heterocycles. The lowest BCUT2D eigenvalue weighted by Gasteiger charge is -2.13. The van der Waals surface area contributed by atoms with E-state index in [2.05, 4.69) is 36.2 Å². The van der Waals surface area contributed by atoms with Gasteiger partial charge in [-0.15, -0.1) is 0 Å². The van der Waals surface area contributed by atoms with Gasteiger partial charge in [-0.1, -0.05) is 37.6 Å². The second-order valence-corrected chi connectivity index (χ2v) is 4.40. The number of aryl methyl sites for hydroxylation is 2. The number of benzene rings is 1. The monoisotopic (exact) mass is 229 g/mol. The Morgan fingerprint density at radius 1 is 1.29 bits per heavy atom. The average Bonchev–Trinajstić information content (AvgIpc) is 2.76. The molecule has 0 spiro atoms. The maximum Gasteiger partial charge on any atom is 0.0946 e. The van der Waals surface area contributed by atoms with Crippen LogP contribution in [0.2, 0.25) is 0 Å². The van der Waals surface area contributed by atoms with E-state index < -0.39 is 0 Å². The Hall–Kier alpha value is -1.61. The third-order valence-electron chi connectivity index (χ3n) is 3.05. The van der Waals surface area contributed by atoms with E-state index in [1.54, 1.807) is 6.33 Å². The molecule has 0 radical (unpaired) electrons. The molecule has 1 unspecified atom stereocenters. The number of rotatable bonds is 4. The van der Waals surface area contributed by atoms with Crippen molar-refractivity contribution in [3.63, 3.8) is 0 Å². The van der Waals surface area contributed by atoms with Gasteiger partial charge >= 0.3 is 0 Å². The fraction of sp³-hybridized carbons (Fsp3) is 0.357. The third-order valence-corrected chi connectivity index (χ3v) is 3.05. The summed E-state index contributed by atoms with van der Waals surface area (Å²) < 4.78 is 1.96. The first kappa shape index (κ1) is 11.9. The molecule has 0 aliphatic heterocycles. The van der Waals surface area contributed by atoms with Crippen LogP contribution >= 0.6 is 0 Å². The first-order valence-corrected chi connectivity index (χ1v) is 6.03. The molecule has 3 nitrogen and oxygen atoms in total. The van der Waals surface area contributed by atoms with E-state index in [0.717, 1.165) is 17.7 Å². The first-order valence-electron chi connectivity index (χ1n) is 6.03. The molecule has 17 heavy (non-hydrogen) atoms. The van der Waals surface area contributed by atoms with Gasteiger partial charge in [-0.05, 0) is 17.5 Å². The van der Waals surface area contributed by atoms with E-state index >= 15 is 0 Å². The zero-order valence-corrected chi connectivity index (χ0v) is 10.4. The van der Waals surface area contributed by atoms with Crippen LogP contribution in [0.15, 0.2) is 36.8 Å². The largest absolute Gasteiger partial charge is 0.336 e. The number of nitrogens with two attached hydrogens (primary N) is 1. The lowest BCUT2D eigenvalue weighted by Crippen LogP contribution is -2.15. The molecular formula is C14H19N3. The van der Waals surface area contributed by atoms with Gasteiger partial charge in [0.05, 0.1) is 24.3 Å². The predicted molar refractivity (Wildman–Crippen MR) is 69.7 cm³/mol. The summed E-state index contributed by atoms with van der Waals surface area (Å²) in [4.78, 5) is 4.10. The van der Waals surface area contributed by atoms with Crippen molar-refractivity contribution >= 4 is 0 Å². The molecule has 2 aromatic rings. The van der Waals surface area contributed by atoms with Crippen molar-refractivity contribution in [1.29, 1.82) is 0 Å². The summed E-state index contributed by atoms with van der Waals surface area (Å²) in [5, 5.41) is 0. The molecule has 2 N–H and O–H groups in total. The SMILES string of the molecule is CCCc1ccc(C(N)c2cncn2C)cc1. The molecule has 0 aliphatic carbocycles. The van der Waals surface area contributed by atoms with Crippen molar-refractivity contribution in [2.75, 3.05) is 0 Å². The molecule has 1 aromatic heterocycles. The molecule has 0 saturated carbocycles. The molecule has 0 amide bonds. The summed E-state index contributed by atoms with van der Waals surface area (Å²) in [5.41, 5.74) is 9.76. The quantitative estimate of drug-likeness (QED) is 0.875. The van der Waals surface area contributed by atoms with Crippen molar-refractivity contribution < 1.29 is 0 Å². The summed E-state index contributed by atoms with van der Waals surface area (Å²) in [5.74, 6) is 0. The summed E-state index contributed by atoms with van der Waals surface area (Å²) in [6.45, 7) is 2.19. The fourth-order valence-electron chi connectivity index (χ4n) is 2.02. The second kappa shape index (κ2) is 5.15. The van der Waals surface area contributed by atoms with Crippen LogP contribution < -0.4 is 5.73 Å². The molecule has 1 aromatic carbocycles. The fourth-order valence-corrected chi connectivity index (χ4v) is 2.02. The zero-order valence-electron chi connectivity index (χ0n) is 10.4. The van der Waals surface area contributed by atoms with Gasteiger partial charge in [0.2, 0.25) is 0 Å². The Balaban J connectivity index is 2.20. The van der Waals surface area contributed by atoms with Crippen molar-refractivity contribution in [3.8, 4) is 0 Å². The van der Waals surface area contributed by atoms with Gasteiger partial charge in [0.25, 0.3) is 0 Å². The molecule has 0 aliphatic rings. The van der Waals surface area contributed by atoms with Crippen LogP contribution in [-0.2, 0) is 13.5 Å². The topological polar surface area (TPSA) is 43.8 Å². The predicted octanol–water partition coefficient (Wildman–Crippen LogP) is 2.42. The van der Waals surface area contributed by atoms with Crippen LogP contribution in [0.4, 0.5) is 0 Å². The molecule has 0 fully saturated rings. The normalized spacial score (nSPS) is 12.6. The van der Waals surface area contributed by atoms with Crippen LogP contribution in [0, 0.1) is 0 Å². The molecule has 90 valence electrons.